The average molecular weight is 480 g/mol. The van der Waals surface area contributed by atoms with E-state index >= 15 is 0 Å². The maximum atomic E-state index is 13.4. The molecule has 2 aliphatic rings. The van der Waals surface area contributed by atoms with E-state index in [2.05, 4.69) is 0 Å². The number of ether oxygens (including phenoxy) is 3. The monoisotopic (exact) mass is 479 g/mol. The Labute approximate surface area is 206 Å². The fourth-order valence-electron chi connectivity index (χ4n) is 5.05. The molecular formula is C28H33NO6. The molecule has 1 aliphatic carbocycles. The van der Waals surface area contributed by atoms with E-state index < -0.39 is 17.7 Å². The second kappa shape index (κ2) is 10.8. The number of hydrogen-bond donors (Lipinski definition) is 1. The fourth-order valence-corrected chi connectivity index (χ4v) is 5.05. The Balaban J connectivity index is 1.88. The Morgan fingerprint density at radius 3 is 2.23 bits per heavy atom. The number of Topliss-reactive ketones (excluding diaryl/α,β-unsaturated/α-hetero) is 1. The zero-order chi connectivity index (χ0) is 24.9. The number of amides is 1. The molecule has 1 aliphatic heterocycles. The standard InChI is InChI=1S/C28H33NO6/c1-4-33-20-13-9-10-18(16-20)25-24(27(31)28(32)29(25)19-11-7-8-12-19)26(30)22-15-14-21(34-5-2)17-23(22)35-6-3/h9-10,13-17,19,25,30H,4-8,11-12H2,1-3H3/b26-24-. The number of aliphatic hydroxyl groups is 1. The molecule has 2 aromatic carbocycles. The minimum Gasteiger partial charge on any atom is -0.507 e. The highest BCUT2D eigenvalue weighted by Gasteiger charge is 2.49. The van der Waals surface area contributed by atoms with Gasteiger partial charge in [-0.1, -0.05) is 25.0 Å². The highest BCUT2D eigenvalue weighted by molar-refractivity contribution is 6.46. The van der Waals surface area contributed by atoms with Gasteiger partial charge >= 0.3 is 0 Å². The fraction of sp³-hybridized carbons (Fsp3) is 0.429. The van der Waals surface area contributed by atoms with Crippen LogP contribution in [-0.2, 0) is 9.59 Å². The van der Waals surface area contributed by atoms with Crippen LogP contribution in [0.3, 0.4) is 0 Å². The number of likely N-dealkylation sites (tertiary alicyclic amines) is 1. The highest BCUT2D eigenvalue weighted by Crippen LogP contribution is 2.45. The van der Waals surface area contributed by atoms with Crippen molar-refractivity contribution in [3.05, 3.63) is 59.2 Å². The summed E-state index contributed by atoms with van der Waals surface area (Å²) in [6.45, 7) is 6.98. The summed E-state index contributed by atoms with van der Waals surface area (Å²) in [5, 5.41) is 11.5. The molecule has 1 N–H and O–H groups in total. The third kappa shape index (κ3) is 4.85. The van der Waals surface area contributed by atoms with E-state index in [0.29, 0.717) is 42.6 Å². The van der Waals surface area contributed by atoms with E-state index in [1.807, 2.05) is 45.0 Å². The lowest BCUT2D eigenvalue weighted by Gasteiger charge is -2.31. The van der Waals surface area contributed by atoms with Gasteiger partial charge in [0, 0.05) is 12.1 Å². The quantitative estimate of drug-likeness (QED) is 0.301. The van der Waals surface area contributed by atoms with Gasteiger partial charge in [-0.05, 0) is 63.4 Å². The van der Waals surface area contributed by atoms with E-state index in [-0.39, 0.29) is 17.4 Å². The minimum absolute atomic E-state index is 0.0517. The van der Waals surface area contributed by atoms with Crippen LogP contribution in [0.25, 0.3) is 5.76 Å². The van der Waals surface area contributed by atoms with Gasteiger partial charge in [0.1, 0.15) is 23.0 Å². The normalized spacial score (nSPS) is 19.9. The van der Waals surface area contributed by atoms with E-state index in [1.165, 1.54) is 0 Å². The zero-order valence-electron chi connectivity index (χ0n) is 20.6. The van der Waals surface area contributed by atoms with Crippen molar-refractivity contribution in [1.82, 2.24) is 4.90 Å². The van der Waals surface area contributed by atoms with Gasteiger partial charge < -0.3 is 24.2 Å². The third-order valence-electron chi connectivity index (χ3n) is 6.50. The first-order chi connectivity index (χ1) is 17.0. The SMILES string of the molecule is CCOc1cccc(C2/C(=C(/O)c3ccc(OCC)cc3OCC)C(=O)C(=O)N2C2CCCC2)c1. The van der Waals surface area contributed by atoms with Gasteiger partial charge in [-0.15, -0.1) is 0 Å². The van der Waals surface area contributed by atoms with Crippen molar-refractivity contribution in [1.29, 1.82) is 0 Å². The summed E-state index contributed by atoms with van der Waals surface area (Å²) >= 11 is 0. The number of rotatable bonds is 9. The van der Waals surface area contributed by atoms with Crippen LogP contribution in [0.2, 0.25) is 0 Å². The van der Waals surface area contributed by atoms with Gasteiger partial charge in [0.2, 0.25) is 0 Å². The summed E-state index contributed by atoms with van der Waals surface area (Å²) in [5.41, 5.74) is 1.15. The Bertz CT molecular complexity index is 1120. The molecule has 186 valence electrons. The Hall–Kier alpha value is -3.48. The maximum absolute atomic E-state index is 13.4. The number of benzene rings is 2. The number of nitrogens with zero attached hydrogens (tertiary/aromatic N) is 1. The molecule has 1 saturated carbocycles. The second-order valence-corrected chi connectivity index (χ2v) is 8.67. The largest absolute Gasteiger partial charge is 0.507 e. The minimum atomic E-state index is -0.709. The van der Waals surface area contributed by atoms with Gasteiger partial charge in [-0.2, -0.15) is 0 Å². The summed E-state index contributed by atoms with van der Waals surface area (Å²) in [6.07, 6.45) is 3.68. The summed E-state index contributed by atoms with van der Waals surface area (Å²) in [4.78, 5) is 28.4. The van der Waals surface area contributed by atoms with E-state index in [0.717, 1.165) is 31.2 Å². The molecule has 7 heteroatoms. The molecule has 0 bridgehead atoms. The number of aliphatic hydroxyl groups excluding tert-OH is 1. The molecule has 4 rings (SSSR count). The molecule has 35 heavy (non-hydrogen) atoms. The van der Waals surface area contributed by atoms with E-state index in [9.17, 15) is 14.7 Å². The van der Waals surface area contributed by atoms with Crippen LogP contribution < -0.4 is 14.2 Å². The second-order valence-electron chi connectivity index (χ2n) is 8.67. The van der Waals surface area contributed by atoms with E-state index in [4.69, 9.17) is 14.2 Å². The molecular weight excluding hydrogens is 446 g/mol. The van der Waals surface area contributed by atoms with Crippen molar-refractivity contribution in [2.24, 2.45) is 0 Å². The van der Waals surface area contributed by atoms with E-state index in [1.54, 1.807) is 23.1 Å². The summed E-state index contributed by atoms with van der Waals surface area (Å²) in [6, 6.07) is 11.7. The molecule has 1 amide bonds. The van der Waals surface area contributed by atoms with Crippen LogP contribution in [0.5, 0.6) is 17.2 Å². The van der Waals surface area contributed by atoms with Crippen LogP contribution in [-0.4, -0.2) is 47.6 Å². The molecule has 2 aromatic rings. The van der Waals surface area contributed by atoms with Crippen LogP contribution >= 0.6 is 0 Å². The smallest absolute Gasteiger partial charge is 0.295 e. The van der Waals surface area contributed by atoms with Gasteiger partial charge in [0.25, 0.3) is 11.7 Å². The van der Waals surface area contributed by atoms with Gasteiger partial charge in [-0.25, -0.2) is 0 Å². The molecule has 0 radical (unpaired) electrons. The predicted octanol–water partition coefficient (Wildman–Crippen LogP) is 5.25. The first-order valence-electron chi connectivity index (χ1n) is 12.4. The van der Waals surface area contributed by atoms with Gasteiger partial charge in [-0.3, -0.25) is 9.59 Å². The van der Waals surface area contributed by atoms with Gasteiger partial charge in [0.15, 0.2) is 0 Å². The third-order valence-corrected chi connectivity index (χ3v) is 6.50. The first kappa shape index (κ1) is 24.6. The average Bonchev–Trinajstić information content (AvgIpc) is 3.46. The highest BCUT2D eigenvalue weighted by atomic mass is 16.5. The number of ketones is 1. The Morgan fingerprint density at radius 2 is 1.57 bits per heavy atom. The topological polar surface area (TPSA) is 85.3 Å². The van der Waals surface area contributed by atoms with Crippen molar-refractivity contribution in [2.45, 2.75) is 58.5 Å². The Kier molecular flexibility index (Phi) is 7.63. The van der Waals surface area contributed by atoms with Crippen LogP contribution in [0, 0.1) is 0 Å². The number of carbonyl (C=O) groups is 2. The van der Waals surface area contributed by atoms with Crippen LogP contribution in [0.15, 0.2) is 48.0 Å². The van der Waals surface area contributed by atoms with Crippen molar-refractivity contribution >= 4 is 17.4 Å². The van der Waals surface area contributed by atoms with Crippen molar-refractivity contribution < 1.29 is 28.9 Å². The predicted molar refractivity (Wildman–Crippen MR) is 133 cm³/mol. The lowest BCUT2D eigenvalue weighted by Crippen LogP contribution is -2.37. The lowest BCUT2D eigenvalue weighted by molar-refractivity contribution is -0.141. The van der Waals surface area contributed by atoms with Crippen LogP contribution in [0.4, 0.5) is 0 Å². The molecule has 1 atom stereocenters. The Morgan fingerprint density at radius 1 is 0.914 bits per heavy atom. The summed E-state index contributed by atoms with van der Waals surface area (Å²) in [5.74, 6) is 0.136. The zero-order valence-corrected chi connectivity index (χ0v) is 20.6. The molecule has 0 spiro atoms. The summed E-state index contributed by atoms with van der Waals surface area (Å²) in [7, 11) is 0. The molecule has 1 unspecified atom stereocenters. The number of carbonyl (C=O) groups excluding carboxylic acids is 2. The molecule has 2 fully saturated rings. The molecule has 7 nitrogen and oxygen atoms in total. The summed E-state index contributed by atoms with van der Waals surface area (Å²) < 4.78 is 17.1. The van der Waals surface area contributed by atoms with Crippen molar-refractivity contribution in [2.75, 3.05) is 19.8 Å². The first-order valence-corrected chi connectivity index (χ1v) is 12.4. The molecule has 1 heterocycles. The molecule has 1 saturated heterocycles. The molecule has 0 aromatic heterocycles. The van der Waals surface area contributed by atoms with Crippen molar-refractivity contribution in [3.8, 4) is 17.2 Å². The van der Waals surface area contributed by atoms with Crippen molar-refractivity contribution in [3.63, 3.8) is 0 Å². The lowest BCUT2D eigenvalue weighted by atomic mass is 9.94. The van der Waals surface area contributed by atoms with Gasteiger partial charge in [0.05, 0.1) is 37.0 Å². The number of hydrogen-bond acceptors (Lipinski definition) is 6. The maximum Gasteiger partial charge on any atom is 0.295 e. The van der Waals surface area contributed by atoms with Crippen LogP contribution in [0.1, 0.15) is 63.6 Å².